The summed E-state index contributed by atoms with van der Waals surface area (Å²) in [5.41, 5.74) is 1.71. The summed E-state index contributed by atoms with van der Waals surface area (Å²) in [4.78, 5) is 15.7. The fourth-order valence-corrected chi connectivity index (χ4v) is 2.06. The first-order valence-corrected chi connectivity index (χ1v) is 5.41. The zero-order chi connectivity index (χ0) is 11.0. The van der Waals surface area contributed by atoms with Crippen molar-refractivity contribution in [2.24, 2.45) is 0 Å². The van der Waals surface area contributed by atoms with Gasteiger partial charge in [-0.15, -0.1) is 0 Å². The van der Waals surface area contributed by atoms with Crippen LogP contribution < -0.4 is 5.32 Å². The molecule has 82 valence electrons. The maximum Gasteiger partial charge on any atom is 0.137 e. The summed E-state index contributed by atoms with van der Waals surface area (Å²) >= 11 is 0. The van der Waals surface area contributed by atoms with Crippen molar-refractivity contribution in [2.75, 3.05) is 6.54 Å². The number of nitrogens with one attached hydrogen (secondary N) is 1. The fraction of sp³-hybridized carbons (Fsp3) is 0.333. The van der Waals surface area contributed by atoms with E-state index < -0.39 is 0 Å². The molecule has 1 atom stereocenters. The molecule has 16 heavy (non-hydrogen) atoms. The van der Waals surface area contributed by atoms with Crippen molar-refractivity contribution in [3.8, 4) is 0 Å². The lowest BCUT2D eigenvalue weighted by molar-refractivity contribution is -0.120. The van der Waals surface area contributed by atoms with Crippen LogP contribution in [0.3, 0.4) is 0 Å². The van der Waals surface area contributed by atoms with Gasteiger partial charge in [-0.1, -0.05) is 0 Å². The summed E-state index contributed by atoms with van der Waals surface area (Å²) < 4.78 is 5.32. The number of ketones is 1. The van der Waals surface area contributed by atoms with Crippen molar-refractivity contribution in [1.82, 2.24) is 10.3 Å². The van der Waals surface area contributed by atoms with Gasteiger partial charge in [0.2, 0.25) is 0 Å². The van der Waals surface area contributed by atoms with Crippen molar-refractivity contribution < 1.29 is 9.21 Å². The van der Waals surface area contributed by atoms with Crippen molar-refractivity contribution in [3.63, 3.8) is 0 Å². The van der Waals surface area contributed by atoms with Crippen LogP contribution in [0.25, 0.3) is 11.0 Å². The molecule has 4 heteroatoms. The number of carbonyl (C=O) groups is 1. The number of aromatic nitrogens is 1. The highest BCUT2D eigenvalue weighted by Crippen LogP contribution is 2.23. The highest BCUT2D eigenvalue weighted by molar-refractivity contribution is 5.80. The van der Waals surface area contributed by atoms with Gasteiger partial charge >= 0.3 is 0 Å². The van der Waals surface area contributed by atoms with E-state index in [0.29, 0.717) is 18.6 Å². The normalized spacial score (nSPS) is 21.5. The van der Waals surface area contributed by atoms with Gasteiger partial charge < -0.3 is 9.73 Å². The molecule has 4 nitrogen and oxygen atoms in total. The quantitative estimate of drug-likeness (QED) is 0.790. The number of rotatable bonds is 1. The first kappa shape index (κ1) is 9.54. The Labute approximate surface area is 92.7 Å². The van der Waals surface area contributed by atoms with Crippen LogP contribution in [0.15, 0.2) is 29.0 Å². The zero-order valence-corrected chi connectivity index (χ0v) is 8.77. The molecule has 1 unspecified atom stereocenters. The summed E-state index contributed by atoms with van der Waals surface area (Å²) in [5.74, 6) is 0.296. The Morgan fingerprint density at radius 2 is 2.44 bits per heavy atom. The number of hydrogen-bond acceptors (Lipinski definition) is 4. The van der Waals surface area contributed by atoms with Crippen LogP contribution in [0.5, 0.6) is 0 Å². The standard InChI is InChI=1S/C12H12N2O2/c15-9-1-3-13-10(5-9)11-6-12-8(7-14-11)2-4-16-12/h2,4,6-7,10,13H,1,3,5H2. The minimum atomic E-state index is 0.0377. The van der Waals surface area contributed by atoms with E-state index in [2.05, 4.69) is 10.3 Å². The summed E-state index contributed by atoms with van der Waals surface area (Å²) in [5, 5.41) is 4.29. The van der Waals surface area contributed by atoms with E-state index in [-0.39, 0.29) is 6.04 Å². The van der Waals surface area contributed by atoms with Gasteiger partial charge in [0.15, 0.2) is 0 Å². The molecule has 0 spiro atoms. The third-order valence-corrected chi connectivity index (χ3v) is 2.94. The SMILES string of the molecule is O=C1CCNC(c2cc3occc3cn2)C1. The number of nitrogens with zero attached hydrogens (tertiary/aromatic N) is 1. The lowest BCUT2D eigenvalue weighted by Crippen LogP contribution is -2.32. The Morgan fingerprint density at radius 1 is 1.50 bits per heavy atom. The van der Waals surface area contributed by atoms with Gasteiger partial charge in [0.25, 0.3) is 0 Å². The molecule has 0 amide bonds. The Hall–Kier alpha value is -1.68. The largest absolute Gasteiger partial charge is 0.464 e. The van der Waals surface area contributed by atoms with Crippen molar-refractivity contribution in [1.29, 1.82) is 0 Å². The molecule has 3 rings (SSSR count). The average Bonchev–Trinajstić information content (AvgIpc) is 2.75. The first-order valence-electron chi connectivity index (χ1n) is 5.41. The van der Waals surface area contributed by atoms with Gasteiger partial charge in [-0.25, -0.2) is 0 Å². The predicted molar refractivity (Wildman–Crippen MR) is 59.0 cm³/mol. The third kappa shape index (κ3) is 1.61. The molecule has 2 aromatic rings. The van der Waals surface area contributed by atoms with E-state index in [9.17, 15) is 4.79 Å². The van der Waals surface area contributed by atoms with Crippen molar-refractivity contribution >= 4 is 16.8 Å². The van der Waals surface area contributed by atoms with Crippen molar-refractivity contribution in [2.45, 2.75) is 18.9 Å². The molecule has 0 radical (unpaired) electrons. The molecule has 2 aromatic heterocycles. The third-order valence-electron chi connectivity index (χ3n) is 2.94. The maximum absolute atomic E-state index is 11.4. The van der Waals surface area contributed by atoms with Gasteiger partial charge in [-0.2, -0.15) is 0 Å². The number of pyridine rings is 1. The number of fused-ring (bicyclic) bond motifs is 1. The van der Waals surface area contributed by atoms with Crippen LogP contribution in [0, 0.1) is 0 Å². The number of Topliss-reactive ketones (excluding diaryl/α,β-unsaturated/α-hetero) is 1. The summed E-state index contributed by atoms with van der Waals surface area (Å²) in [6.07, 6.45) is 4.59. The van der Waals surface area contributed by atoms with E-state index in [1.807, 2.05) is 12.1 Å². The van der Waals surface area contributed by atoms with Crippen LogP contribution in [0.1, 0.15) is 24.6 Å². The summed E-state index contributed by atoms with van der Waals surface area (Å²) in [7, 11) is 0. The van der Waals surface area contributed by atoms with Crippen LogP contribution in [-0.2, 0) is 4.79 Å². The molecular formula is C12H12N2O2. The maximum atomic E-state index is 11.4. The molecule has 0 saturated carbocycles. The molecule has 1 aliphatic heterocycles. The minimum absolute atomic E-state index is 0.0377. The van der Waals surface area contributed by atoms with E-state index in [1.54, 1.807) is 12.5 Å². The summed E-state index contributed by atoms with van der Waals surface area (Å²) in [6.45, 7) is 0.737. The van der Waals surface area contributed by atoms with Crippen LogP contribution >= 0.6 is 0 Å². The number of hydrogen-bond donors (Lipinski definition) is 1. The lowest BCUT2D eigenvalue weighted by atomic mass is 10.0. The average molecular weight is 216 g/mol. The monoisotopic (exact) mass is 216 g/mol. The second-order valence-electron chi connectivity index (χ2n) is 4.07. The molecule has 0 aliphatic carbocycles. The second kappa shape index (κ2) is 3.72. The molecule has 1 aliphatic rings. The topological polar surface area (TPSA) is 55.1 Å². The number of furan rings is 1. The molecular weight excluding hydrogens is 204 g/mol. The first-order chi connectivity index (χ1) is 7.83. The summed E-state index contributed by atoms with van der Waals surface area (Å²) in [6, 6.07) is 3.83. The van der Waals surface area contributed by atoms with E-state index in [1.165, 1.54) is 0 Å². The van der Waals surface area contributed by atoms with E-state index in [4.69, 9.17) is 4.42 Å². The van der Waals surface area contributed by atoms with Gasteiger partial charge in [-0.05, 0) is 6.07 Å². The second-order valence-corrected chi connectivity index (χ2v) is 4.07. The molecule has 0 aromatic carbocycles. The molecule has 1 fully saturated rings. The molecule has 3 heterocycles. The van der Waals surface area contributed by atoms with Gasteiger partial charge in [-0.3, -0.25) is 9.78 Å². The smallest absolute Gasteiger partial charge is 0.137 e. The highest BCUT2D eigenvalue weighted by atomic mass is 16.3. The van der Waals surface area contributed by atoms with Gasteiger partial charge in [0.05, 0.1) is 18.0 Å². The van der Waals surface area contributed by atoms with Crippen LogP contribution in [-0.4, -0.2) is 17.3 Å². The Bertz CT molecular complexity index is 533. The predicted octanol–water partition coefficient (Wildman–Crippen LogP) is 1.82. The van der Waals surface area contributed by atoms with E-state index >= 15 is 0 Å². The number of carbonyl (C=O) groups excluding carboxylic acids is 1. The lowest BCUT2D eigenvalue weighted by Gasteiger charge is -2.21. The fourth-order valence-electron chi connectivity index (χ4n) is 2.06. The van der Waals surface area contributed by atoms with Crippen LogP contribution in [0.4, 0.5) is 0 Å². The number of piperidine rings is 1. The van der Waals surface area contributed by atoms with Crippen LogP contribution in [0.2, 0.25) is 0 Å². The van der Waals surface area contributed by atoms with Gasteiger partial charge in [0.1, 0.15) is 11.4 Å². The molecule has 1 saturated heterocycles. The van der Waals surface area contributed by atoms with Gasteiger partial charge in [0, 0.05) is 37.0 Å². The Kier molecular flexibility index (Phi) is 2.22. The zero-order valence-electron chi connectivity index (χ0n) is 8.77. The molecule has 0 bridgehead atoms. The van der Waals surface area contributed by atoms with E-state index in [0.717, 1.165) is 23.2 Å². The Morgan fingerprint density at radius 3 is 3.31 bits per heavy atom. The highest BCUT2D eigenvalue weighted by Gasteiger charge is 2.21. The Balaban J connectivity index is 1.95. The van der Waals surface area contributed by atoms with Crippen molar-refractivity contribution in [3.05, 3.63) is 30.3 Å². The molecule has 1 N–H and O–H groups in total. The minimum Gasteiger partial charge on any atom is -0.464 e.